The number of hydrogen-bond donors (Lipinski definition) is 1. The molecule has 0 aliphatic rings. The number of nitrogens with zero attached hydrogens (tertiary/aromatic N) is 3. The third kappa shape index (κ3) is 5.64. The predicted octanol–water partition coefficient (Wildman–Crippen LogP) is 6.88. The first-order chi connectivity index (χ1) is 16.1. The Hall–Kier alpha value is -4.06. The highest BCUT2D eigenvalue weighted by Gasteiger charge is 2.37. The summed E-state index contributed by atoms with van der Waals surface area (Å²) in [6, 6.07) is 18.4. The van der Waals surface area contributed by atoms with Crippen molar-refractivity contribution in [3.05, 3.63) is 110 Å². The van der Waals surface area contributed by atoms with Gasteiger partial charge in [0, 0.05) is 22.2 Å². The van der Waals surface area contributed by atoms with Gasteiger partial charge in [0.1, 0.15) is 0 Å². The van der Waals surface area contributed by atoms with E-state index in [0.717, 1.165) is 5.56 Å². The topological polar surface area (TPSA) is 111 Å². The first-order valence-corrected chi connectivity index (χ1v) is 10.2. The third-order valence-corrected chi connectivity index (χ3v) is 5.42. The number of hydrogen-bond acceptors (Lipinski definition) is 6. The van der Waals surface area contributed by atoms with Crippen LogP contribution in [-0.4, -0.2) is 16.1 Å². The molecule has 0 amide bonds. The van der Waals surface area contributed by atoms with Crippen molar-refractivity contribution in [2.24, 2.45) is 5.10 Å². The molecule has 34 heavy (non-hydrogen) atoms. The molecule has 3 aromatic rings. The van der Waals surface area contributed by atoms with Crippen molar-refractivity contribution in [2.45, 2.75) is 6.18 Å². The maximum absolute atomic E-state index is 13.1. The van der Waals surface area contributed by atoms with Gasteiger partial charge in [0.2, 0.25) is 5.69 Å². The molecule has 0 radical (unpaired) electrons. The second-order valence-electron chi connectivity index (χ2n) is 6.73. The highest BCUT2D eigenvalue weighted by molar-refractivity contribution is 9.15. The Balaban J connectivity index is 2.10. The van der Waals surface area contributed by atoms with Gasteiger partial charge in [0.15, 0.2) is 0 Å². The first-order valence-electron chi connectivity index (χ1n) is 9.43. The number of nitro groups is 2. The van der Waals surface area contributed by atoms with Gasteiger partial charge in [-0.05, 0) is 27.1 Å². The molecule has 0 fully saturated rings. The van der Waals surface area contributed by atoms with E-state index in [1.807, 2.05) is 30.3 Å². The maximum atomic E-state index is 13.1. The molecule has 0 bridgehead atoms. The molecule has 12 heteroatoms. The monoisotopic (exact) mass is 534 g/mol. The van der Waals surface area contributed by atoms with Crippen LogP contribution in [0.5, 0.6) is 0 Å². The Morgan fingerprint density at radius 2 is 1.35 bits per heavy atom. The molecule has 3 aromatic carbocycles. The molecule has 174 valence electrons. The summed E-state index contributed by atoms with van der Waals surface area (Å²) >= 11 is 3.50. The van der Waals surface area contributed by atoms with Crippen molar-refractivity contribution in [2.75, 3.05) is 5.43 Å². The fourth-order valence-corrected chi connectivity index (χ4v) is 3.55. The molecule has 0 aromatic heterocycles. The van der Waals surface area contributed by atoms with Crippen molar-refractivity contribution in [3.8, 4) is 0 Å². The fraction of sp³-hybridized carbons (Fsp3) is 0.0455. The van der Waals surface area contributed by atoms with Gasteiger partial charge in [0.05, 0.1) is 21.6 Å². The lowest BCUT2D eigenvalue weighted by molar-refractivity contribution is -0.392. The number of halogens is 4. The highest BCUT2D eigenvalue weighted by atomic mass is 79.9. The van der Waals surface area contributed by atoms with Gasteiger partial charge in [-0.3, -0.25) is 25.7 Å². The van der Waals surface area contributed by atoms with E-state index in [0.29, 0.717) is 15.6 Å². The van der Waals surface area contributed by atoms with Crippen LogP contribution in [0.4, 0.5) is 30.2 Å². The van der Waals surface area contributed by atoms with Crippen LogP contribution in [0.2, 0.25) is 0 Å². The van der Waals surface area contributed by atoms with Gasteiger partial charge in [0.25, 0.3) is 0 Å². The summed E-state index contributed by atoms with van der Waals surface area (Å²) in [5.74, 6) is 0. The number of rotatable bonds is 7. The summed E-state index contributed by atoms with van der Waals surface area (Å²) in [6.45, 7) is 0. The van der Waals surface area contributed by atoms with Crippen molar-refractivity contribution < 1.29 is 23.0 Å². The van der Waals surface area contributed by atoms with E-state index >= 15 is 0 Å². The first kappa shape index (κ1) is 24.6. The van der Waals surface area contributed by atoms with Crippen molar-refractivity contribution in [1.82, 2.24) is 0 Å². The van der Waals surface area contributed by atoms with Crippen molar-refractivity contribution >= 4 is 49.3 Å². The maximum Gasteiger partial charge on any atom is 0.416 e. The van der Waals surface area contributed by atoms with Gasteiger partial charge in [-0.1, -0.05) is 60.7 Å². The Kier molecular flexibility index (Phi) is 7.41. The molecule has 0 unspecified atom stereocenters. The number of benzene rings is 3. The highest BCUT2D eigenvalue weighted by Crippen LogP contribution is 2.41. The summed E-state index contributed by atoms with van der Waals surface area (Å²) in [4.78, 5) is 20.5. The average Bonchev–Trinajstić information content (AvgIpc) is 2.81. The molecule has 8 nitrogen and oxygen atoms in total. The lowest BCUT2D eigenvalue weighted by atomic mass is 10.0. The summed E-state index contributed by atoms with van der Waals surface area (Å²) in [5, 5.41) is 26.7. The van der Waals surface area contributed by atoms with E-state index in [2.05, 4.69) is 26.5 Å². The van der Waals surface area contributed by atoms with Crippen molar-refractivity contribution in [3.63, 3.8) is 0 Å². The van der Waals surface area contributed by atoms with Crippen LogP contribution >= 0.6 is 15.9 Å². The van der Waals surface area contributed by atoms with Crippen LogP contribution in [0.3, 0.4) is 0 Å². The molecule has 0 saturated heterocycles. The molecule has 1 N–H and O–H groups in total. The van der Waals surface area contributed by atoms with Gasteiger partial charge < -0.3 is 0 Å². The zero-order valence-corrected chi connectivity index (χ0v) is 18.6. The van der Waals surface area contributed by atoms with E-state index in [9.17, 15) is 33.4 Å². The van der Waals surface area contributed by atoms with E-state index in [-0.39, 0.29) is 12.1 Å². The van der Waals surface area contributed by atoms with Gasteiger partial charge in [-0.25, -0.2) is 0 Å². The zero-order valence-electron chi connectivity index (χ0n) is 17.0. The van der Waals surface area contributed by atoms with Crippen LogP contribution < -0.4 is 5.43 Å². The van der Waals surface area contributed by atoms with E-state index in [1.54, 1.807) is 30.3 Å². The third-order valence-electron chi connectivity index (χ3n) is 4.54. The van der Waals surface area contributed by atoms with E-state index in [4.69, 9.17) is 0 Å². The van der Waals surface area contributed by atoms with Crippen molar-refractivity contribution in [1.29, 1.82) is 0 Å². The Labute approximate surface area is 198 Å². The fourth-order valence-electron chi connectivity index (χ4n) is 2.96. The Morgan fingerprint density at radius 3 is 1.79 bits per heavy atom. The number of anilines is 1. The minimum absolute atomic E-state index is 0.221. The molecule has 0 aliphatic heterocycles. The van der Waals surface area contributed by atoms with Crippen LogP contribution in [-0.2, 0) is 6.18 Å². The summed E-state index contributed by atoms with van der Waals surface area (Å²) in [6.07, 6.45) is -3.75. The SMILES string of the molecule is O=[N+]([O-])c1cc(C(F)(F)F)cc([N+](=O)[O-])c1N/N=C/C(=C(/Br)c1ccccc1)c1ccccc1. The summed E-state index contributed by atoms with van der Waals surface area (Å²) in [5.41, 5.74) is -0.383. The molecule has 0 saturated carbocycles. The van der Waals surface area contributed by atoms with Crippen LogP contribution in [0.1, 0.15) is 16.7 Å². The van der Waals surface area contributed by atoms with Gasteiger partial charge in [-0.15, -0.1) is 0 Å². The number of allylic oxidation sites excluding steroid dienone is 1. The lowest BCUT2D eigenvalue weighted by Gasteiger charge is -2.10. The molecular formula is C22H14BrF3N4O4. The Bertz CT molecular complexity index is 1250. The van der Waals surface area contributed by atoms with E-state index in [1.165, 1.54) is 6.21 Å². The molecular weight excluding hydrogens is 521 g/mol. The van der Waals surface area contributed by atoms with Gasteiger partial charge >= 0.3 is 17.6 Å². The minimum atomic E-state index is -5.01. The second-order valence-corrected chi connectivity index (χ2v) is 7.52. The lowest BCUT2D eigenvalue weighted by Crippen LogP contribution is -2.09. The van der Waals surface area contributed by atoms with E-state index < -0.39 is 38.6 Å². The quantitative estimate of drug-likeness (QED) is 0.153. The minimum Gasteiger partial charge on any atom is -0.266 e. The second kappa shape index (κ2) is 10.3. The largest absolute Gasteiger partial charge is 0.416 e. The van der Waals surface area contributed by atoms with Gasteiger partial charge in [-0.2, -0.15) is 18.3 Å². The summed E-state index contributed by atoms with van der Waals surface area (Å²) in [7, 11) is 0. The molecule has 0 spiro atoms. The number of hydrazone groups is 1. The van der Waals surface area contributed by atoms with Crippen LogP contribution in [0, 0.1) is 20.2 Å². The smallest absolute Gasteiger partial charge is 0.266 e. The number of nitrogens with one attached hydrogen (secondary N) is 1. The normalized spacial score (nSPS) is 12.4. The van der Waals surface area contributed by atoms with Crippen LogP contribution in [0.25, 0.3) is 10.1 Å². The van der Waals surface area contributed by atoms with Crippen LogP contribution in [0.15, 0.2) is 77.9 Å². The Morgan fingerprint density at radius 1 is 0.882 bits per heavy atom. The molecule has 0 atom stereocenters. The molecule has 0 aliphatic carbocycles. The molecule has 3 rings (SSSR count). The predicted molar refractivity (Wildman–Crippen MR) is 125 cm³/mol. The molecule has 0 heterocycles. The zero-order chi connectivity index (χ0) is 24.9. The number of alkyl halides is 3. The summed E-state index contributed by atoms with van der Waals surface area (Å²) < 4.78 is 39.9. The number of nitro benzene ring substituents is 2. The average molecular weight is 535 g/mol. The standard InChI is InChI=1S/C22H14BrF3N4O4/c23-20(15-9-5-2-6-10-15)17(14-7-3-1-4-8-14)13-27-28-21-18(29(31)32)11-16(22(24,25)26)12-19(21)30(33)34/h1-13,28H/b20-17-,27-13+.